The molecule has 0 aliphatic heterocycles. The van der Waals surface area contributed by atoms with Crippen molar-refractivity contribution in [3.63, 3.8) is 0 Å². The lowest BCUT2D eigenvalue weighted by atomic mass is 10.1. The van der Waals surface area contributed by atoms with Gasteiger partial charge in [-0.15, -0.1) is 0 Å². The molecule has 1 aliphatic carbocycles. The van der Waals surface area contributed by atoms with E-state index >= 15 is 0 Å². The molecular formula is C23H29N5O2. The molecule has 7 heteroatoms. The Kier molecular flexibility index (Phi) is 5.54. The summed E-state index contributed by atoms with van der Waals surface area (Å²) in [7, 11) is 0. The maximum atomic E-state index is 12.7. The van der Waals surface area contributed by atoms with Crippen LogP contribution in [0.5, 0.6) is 5.75 Å². The number of rotatable bonds is 7. The first-order chi connectivity index (χ1) is 14.5. The van der Waals surface area contributed by atoms with Crippen LogP contribution in [0, 0.1) is 5.92 Å². The van der Waals surface area contributed by atoms with Crippen LogP contribution in [0.15, 0.2) is 60.7 Å². The summed E-state index contributed by atoms with van der Waals surface area (Å²) in [5, 5.41) is 2.92. The minimum Gasteiger partial charge on any atom is -0.490 e. The van der Waals surface area contributed by atoms with Gasteiger partial charge in [0.05, 0.1) is 17.5 Å². The van der Waals surface area contributed by atoms with Crippen molar-refractivity contribution < 1.29 is 12.4 Å². The number of hydrogen-bond acceptors (Lipinski definition) is 6. The third kappa shape index (κ3) is 4.52. The number of amides is 1. The van der Waals surface area contributed by atoms with Crippen LogP contribution in [-0.4, -0.2) is 17.0 Å². The number of carbonyl (C=O) groups is 1. The molecule has 0 radical (unpaired) electrons. The highest BCUT2D eigenvalue weighted by atomic mass is 16.5. The summed E-state index contributed by atoms with van der Waals surface area (Å²) in [6, 6.07) is 18.2. The zero-order valence-electron chi connectivity index (χ0n) is 16.8. The number of nitrogens with zero attached hydrogens (tertiary/aromatic N) is 1. The molecule has 1 saturated carbocycles. The minimum absolute atomic E-state index is 0. The van der Waals surface area contributed by atoms with Gasteiger partial charge in [-0.2, -0.15) is 0 Å². The number of carbonyl (C=O) groups excluding carboxylic acids is 1. The second-order valence-electron chi connectivity index (χ2n) is 7.50. The second-order valence-corrected chi connectivity index (χ2v) is 7.50. The first kappa shape index (κ1) is 19.7. The minimum atomic E-state index is -0.204. The van der Waals surface area contributed by atoms with E-state index in [1.807, 2.05) is 36.4 Å². The maximum Gasteiger partial charge on any atom is 0.255 e. The van der Waals surface area contributed by atoms with Crippen LogP contribution in [0.4, 0.5) is 17.2 Å². The first-order valence-electron chi connectivity index (χ1n) is 9.95. The average molecular weight is 408 g/mol. The van der Waals surface area contributed by atoms with Crippen molar-refractivity contribution in [3.05, 3.63) is 66.2 Å². The maximum absolute atomic E-state index is 12.7. The van der Waals surface area contributed by atoms with E-state index in [1.54, 1.807) is 24.3 Å². The highest BCUT2D eigenvalue weighted by molar-refractivity contribution is 6.05. The number of ether oxygens (including phenoxy) is 1. The fourth-order valence-corrected chi connectivity index (χ4v) is 3.26. The molecule has 1 atom stereocenters. The van der Waals surface area contributed by atoms with Crippen LogP contribution in [0.25, 0.3) is 11.3 Å². The SMILES string of the molecule is CC(Oc1ccc(NC(=O)c2cccc(-c3ccc(N)c(NN)n3)c2)cc1)C1CC1.[HH].[HH]. The topological polar surface area (TPSA) is 115 Å². The summed E-state index contributed by atoms with van der Waals surface area (Å²) < 4.78 is 5.93. The largest absolute Gasteiger partial charge is 0.490 e. The Labute approximate surface area is 178 Å². The number of nitrogens with two attached hydrogens (primary N) is 2. The molecule has 2 aromatic carbocycles. The molecule has 4 rings (SSSR count). The lowest BCUT2D eigenvalue weighted by Crippen LogP contribution is -2.14. The molecule has 1 heterocycles. The van der Waals surface area contributed by atoms with Gasteiger partial charge in [0.15, 0.2) is 5.82 Å². The molecule has 0 bridgehead atoms. The van der Waals surface area contributed by atoms with Crippen molar-refractivity contribution in [1.29, 1.82) is 0 Å². The van der Waals surface area contributed by atoms with Crippen molar-refractivity contribution >= 4 is 23.1 Å². The predicted molar refractivity (Wildman–Crippen MR) is 123 cm³/mol. The van der Waals surface area contributed by atoms with E-state index in [9.17, 15) is 4.79 Å². The number of anilines is 3. The molecule has 1 fully saturated rings. The normalized spacial score (nSPS) is 14.1. The standard InChI is InChI=1S/C23H25N5O2.2H2/c1-14(15-5-6-15)30-19-9-7-18(8-10-19)26-23(29)17-4-2-3-16(13-17)21-12-11-20(24)22(27-21)28-25;;/h2-4,7-15H,5-6,24-25H2,1H3,(H,26,29)(H,27,28);2*1H. The number of aromatic nitrogens is 1. The molecule has 6 N–H and O–H groups in total. The third-order valence-electron chi connectivity index (χ3n) is 5.20. The number of hydrazine groups is 1. The lowest BCUT2D eigenvalue weighted by Gasteiger charge is -2.14. The summed E-state index contributed by atoms with van der Waals surface area (Å²) >= 11 is 0. The van der Waals surface area contributed by atoms with Crippen molar-refractivity contribution in [2.24, 2.45) is 11.8 Å². The van der Waals surface area contributed by atoms with Gasteiger partial charge in [-0.25, -0.2) is 10.8 Å². The quantitative estimate of drug-likeness (QED) is 0.338. The Balaban J connectivity index is 0.00000181. The van der Waals surface area contributed by atoms with Crippen LogP contribution in [0.2, 0.25) is 0 Å². The van der Waals surface area contributed by atoms with Gasteiger partial charge in [0.2, 0.25) is 0 Å². The summed E-state index contributed by atoms with van der Waals surface area (Å²) in [6.45, 7) is 2.10. The number of pyridine rings is 1. The van der Waals surface area contributed by atoms with Gasteiger partial charge in [0.25, 0.3) is 5.91 Å². The Morgan fingerprint density at radius 2 is 1.93 bits per heavy atom. The Hall–Kier alpha value is -3.58. The molecule has 0 spiro atoms. The molecule has 3 aromatic rings. The number of benzene rings is 2. The van der Waals surface area contributed by atoms with Crippen LogP contribution < -0.4 is 27.1 Å². The van der Waals surface area contributed by atoms with Crippen molar-refractivity contribution in [3.8, 4) is 17.0 Å². The Bertz CT molecular complexity index is 1060. The summed E-state index contributed by atoms with van der Waals surface area (Å²) in [5.41, 5.74) is 11.4. The fourth-order valence-electron chi connectivity index (χ4n) is 3.26. The van der Waals surface area contributed by atoms with Gasteiger partial charge in [0, 0.05) is 19.7 Å². The average Bonchev–Trinajstić information content (AvgIpc) is 3.61. The summed E-state index contributed by atoms with van der Waals surface area (Å²) in [5.74, 6) is 7.12. The van der Waals surface area contributed by atoms with E-state index in [2.05, 4.69) is 22.7 Å². The second kappa shape index (κ2) is 8.42. The van der Waals surface area contributed by atoms with Gasteiger partial charge >= 0.3 is 0 Å². The van der Waals surface area contributed by atoms with Crippen molar-refractivity contribution in [2.75, 3.05) is 16.5 Å². The van der Waals surface area contributed by atoms with Gasteiger partial charge in [-0.1, -0.05) is 12.1 Å². The molecule has 30 heavy (non-hydrogen) atoms. The van der Waals surface area contributed by atoms with E-state index in [-0.39, 0.29) is 14.9 Å². The van der Waals surface area contributed by atoms with Gasteiger partial charge in [-0.3, -0.25) is 4.79 Å². The number of nitrogen functional groups attached to an aromatic ring is 2. The van der Waals surface area contributed by atoms with E-state index in [4.69, 9.17) is 16.3 Å². The molecule has 7 nitrogen and oxygen atoms in total. The van der Waals surface area contributed by atoms with E-state index in [1.165, 1.54) is 12.8 Å². The zero-order chi connectivity index (χ0) is 21.1. The first-order valence-corrected chi connectivity index (χ1v) is 9.95. The molecular weight excluding hydrogens is 378 g/mol. The zero-order valence-corrected chi connectivity index (χ0v) is 16.8. The molecule has 1 unspecified atom stereocenters. The predicted octanol–water partition coefficient (Wildman–Crippen LogP) is 4.54. The number of hydrogen-bond donors (Lipinski definition) is 4. The van der Waals surface area contributed by atoms with Gasteiger partial charge in [-0.05, 0) is 74.2 Å². The van der Waals surface area contributed by atoms with Crippen LogP contribution in [0.3, 0.4) is 0 Å². The monoisotopic (exact) mass is 407 g/mol. The molecule has 1 amide bonds. The van der Waals surface area contributed by atoms with E-state index in [0.29, 0.717) is 34.4 Å². The Morgan fingerprint density at radius 1 is 1.17 bits per heavy atom. The van der Waals surface area contributed by atoms with Crippen LogP contribution in [0.1, 0.15) is 33.0 Å². The van der Waals surface area contributed by atoms with Gasteiger partial charge < -0.3 is 21.2 Å². The van der Waals surface area contributed by atoms with Crippen LogP contribution >= 0.6 is 0 Å². The lowest BCUT2D eigenvalue weighted by molar-refractivity contribution is 0.102. The van der Waals surface area contributed by atoms with E-state index < -0.39 is 0 Å². The smallest absolute Gasteiger partial charge is 0.255 e. The third-order valence-corrected chi connectivity index (χ3v) is 5.20. The summed E-state index contributed by atoms with van der Waals surface area (Å²) in [4.78, 5) is 17.1. The van der Waals surface area contributed by atoms with Gasteiger partial charge in [0.1, 0.15) is 5.75 Å². The molecule has 1 aromatic heterocycles. The highest BCUT2D eigenvalue weighted by Gasteiger charge is 2.29. The summed E-state index contributed by atoms with van der Waals surface area (Å²) in [6.07, 6.45) is 2.71. The van der Waals surface area contributed by atoms with Crippen molar-refractivity contribution in [1.82, 2.24) is 4.98 Å². The Morgan fingerprint density at radius 3 is 2.63 bits per heavy atom. The molecule has 158 valence electrons. The van der Waals surface area contributed by atoms with Crippen LogP contribution in [-0.2, 0) is 0 Å². The molecule has 1 aliphatic rings. The highest BCUT2D eigenvalue weighted by Crippen LogP contribution is 2.34. The number of nitrogens with one attached hydrogen (secondary N) is 2. The molecule has 0 saturated heterocycles. The fraction of sp³-hybridized carbons (Fsp3) is 0.217. The van der Waals surface area contributed by atoms with E-state index in [0.717, 1.165) is 11.3 Å². The van der Waals surface area contributed by atoms with Crippen molar-refractivity contribution in [2.45, 2.75) is 25.9 Å².